The smallest absolute Gasteiger partial charge is 0.310 e. The van der Waals surface area contributed by atoms with E-state index in [4.69, 9.17) is 14.9 Å². The lowest BCUT2D eigenvalue weighted by atomic mass is 9.74. The van der Waals surface area contributed by atoms with Gasteiger partial charge in [-0.15, -0.1) is 0 Å². The van der Waals surface area contributed by atoms with E-state index in [0.717, 1.165) is 0 Å². The third-order valence-electron chi connectivity index (χ3n) is 4.19. The van der Waals surface area contributed by atoms with Crippen LogP contribution in [0.25, 0.3) is 0 Å². The average Bonchev–Trinajstić information content (AvgIpc) is 2.74. The van der Waals surface area contributed by atoms with Gasteiger partial charge >= 0.3 is 17.9 Å². The first-order valence-corrected chi connectivity index (χ1v) is 5.18. The van der Waals surface area contributed by atoms with Crippen LogP contribution < -0.4 is 0 Å². The van der Waals surface area contributed by atoms with Gasteiger partial charge in [-0.2, -0.15) is 0 Å². The molecule has 1 saturated heterocycles. The van der Waals surface area contributed by atoms with Crippen molar-refractivity contribution >= 4 is 17.9 Å². The van der Waals surface area contributed by atoms with Crippen molar-refractivity contribution in [2.45, 2.75) is 12.5 Å². The van der Waals surface area contributed by atoms with E-state index in [-0.39, 0.29) is 5.92 Å². The first-order valence-electron chi connectivity index (χ1n) is 5.18. The van der Waals surface area contributed by atoms with Gasteiger partial charge in [0.25, 0.3) is 0 Å². The molecule has 2 N–H and O–H groups in total. The number of carbonyl (C=O) groups excluding carboxylic acids is 1. The average molecular weight is 226 g/mol. The van der Waals surface area contributed by atoms with Gasteiger partial charge in [-0.3, -0.25) is 14.4 Å². The van der Waals surface area contributed by atoms with Crippen LogP contribution in [0.5, 0.6) is 0 Å². The molecule has 0 radical (unpaired) electrons. The maximum atomic E-state index is 11.5. The standard InChI is InChI=1S/C10H10O6/c11-8(12)4-2-1-3-5(4)10(15)16-7(3)6(2)9(13)14/h2-7H,1H2,(H,11,12)(H,13,14). The molecule has 1 aliphatic heterocycles. The molecule has 6 nitrogen and oxygen atoms in total. The molecular formula is C10H10O6. The van der Waals surface area contributed by atoms with Gasteiger partial charge in [0.2, 0.25) is 0 Å². The molecule has 0 aromatic heterocycles. The summed E-state index contributed by atoms with van der Waals surface area (Å²) in [6.45, 7) is 0. The molecule has 3 fully saturated rings. The second kappa shape index (κ2) is 2.75. The molecule has 2 saturated carbocycles. The summed E-state index contributed by atoms with van der Waals surface area (Å²) < 4.78 is 5.01. The highest BCUT2D eigenvalue weighted by molar-refractivity contribution is 5.87. The number of carbonyl (C=O) groups is 3. The van der Waals surface area contributed by atoms with Crippen molar-refractivity contribution in [1.29, 1.82) is 0 Å². The number of rotatable bonds is 2. The zero-order valence-electron chi connectivity index (χ0n) is 8.20. The normalized spacial score (nSPS) is 48.1. The Bertz CT molecular complexity index is 402. The molecule has 6 unspecified atom stereocenters. The monoisotopic (exact) mass is 226 g/mol. The van der Waals surface area contributed by atoms with Crippen LogP contribution in [0, 0.1) is 29.6 Å². The van der Waals surface area contributed by atoms with Crippen molar-refractivity contribution in [1.82, 2.24) is 0 Å². The Labute approximate surface area is 90.2 Å². The van der Waals surface area contributed by atoms with Crippen LogP contribution in [0.1, 0.15) is 6.42 Å². The molecule has 6 heteroatoms. The molecule has 1 heterocycles. The van der Waals surface area contributed by atoms with Crippen LogP contribution in [0.2, 0.25) is 0 Å². The maximum Gasteiger partial charge on any atom is 0.310 e. The number of hydrogen-bond acceptors (Lipinski definition) is 4. The molecule has 16 heavy (non-hydrogen) atoms. The second-order valence-corrected chi connectivity index (χ2v) is 4.72. The number of ether oxygens (including phenoxy) is 1. The second-order valence-electron chi connectivity index (χ2n) is 4.72. The molecular weight excluding hydrogens is 216 g/mol. The maximum absolute atomic E-state index is 11.5. The number of fused-ring (bicyclic) bond motifs is 1. The lowest BCUT2D eigenvalue weighted by Gasteiger charge is -2.26. The minimum absolute atomic E-state index is 0.209. The number of esters is 1. The fourth-order valence-electron chi connectivity index (χ4n) is 3.71. The first kappa shape index (κ1) is 9.62. The Morgan fingerprint density at radius 3 is 2.31 bits per heavy atom. The molecule has 3 aliphatic rings. The number of carboxylic acid groups (broad SMARTS) is 2. The highest BCUT2D eigenvalue weighted by atomic mass is 16.6. The Kier molecular flexibility index (Phi) is 1.65. The minimum atomic E-state index is -1.08. The van der Waals surface area contributed by atoms with Gasteiger partial charge in [-0.05, 0) is 12.3 Å². The Balaban J connectivity index is 2.04. The van der Waals surface area contributed by atoms with Crippen LogP contribution in [-0.4, -0.2) is 34.2 Å². The van der Waals surface area contributed by atoms with E-state index in [1.165, 1.54) is 0 Å². The topological polar surface area (TPSA) is 101 Å². The zero-order valence-corrected chi connectivity index (χ0v) is 8.20. The molecule has 2 bridgehead atoms. The van der Waals surface area contributed by atoms with Gasteiger partial charge in [0, 0.05) is 5.92 Å². The molecule has 0 aromatic rings. The largest absolute Gasteiger partial charge is 0.481 e. The molecule has 2 aliphatic carbocycles. The molecule has 3 rings (SSSR count). The zero-order chi connectivity index (χ0) is 11.6. The fourth-order valence-corrected chi connectivity index (χ4v) is 3.71. The van der Waals surface area contributed by atoms with Crippen LogP contribution in [0.3, 0.4) is 0 Å². The number of aliphatic carboxylic acids is 2. The summed E-state index contributed by atoms with van der Waals surface area (Å²) in [4.78, 5) is 33.7. The van der Waals surface area contributed by atoms with Crippen LogP contribution in [0.4, 0.5) is 0 Å². The molecule has 0 aromatic carbocycles. The van der Waals surface area contributed by atoms with Gasteiger partial charge in [0.1, 0.15) is 6.10 Å². The molecule has 86 valence electrons. The van der Waals surface area contributed by atoms with Crippen LogP contribution in [0.15, 0.2) is 0 Å². The van der Waals surface area contributed by atoms with E-state index in [1.54, 1.807) is 0 Å². The van der Waals surface area contributed by atoms with Gasteiger partial charge in [-0.1, -0.05) is 0 Å². The van der Waals surface area contributed by atoms with E-state index in [2.05, 4.69) is 0 Å². The SMILES string of the molecule is O=C(O)C1C2CC3C1OC(=O)C3C2C(=O)O. The lowest BCUT2D eigenvalue weighted by Crippen LogP contribution is -2.40. The first-order chi connectivity index (χ1) is 7.52. The van der Waals surface area contributed by atoms with E-state index in [9.17, 15) is 14.4 Å². The summed E-state index contributed by atoms with van der Waals surface area (Å²) in [6, 6.07) is 0. The summed E-state index contributed by atoms with van der Waals surface area (Å²) in [5.74, 6) is -5.68. The highest BCUT2D eigenvalue weighted by Gasteiger charge is 2.70. The van der Waals surface area contributed by atoms with Crippen LogP contribution >= 0.6 is 0 Å². The summed E-state index contributed by atoms with van der Waals surface area (Å²) in [5.41, 5.74) is 0. The van der Waals surface area contributed by atoms with Gasteiger partial charge in [0.15, 0.2) is 0 Å². The minimum Gasteiger partial charge on any atom is -0.481 e. The molecule has 0 spiro atoms. The van der Waals surface area contributed by atoms with E-state index >= 15 is 0 Å². The number of hydrogen-bond donors (Lipinski definition) is 2. The Hall–Kier alpha value is -1.59. The third kappa shape index (κ3) is 0.898. The summed E-state index contributed by atoms with van der Waals surface area (Å²) in [7, 11) is 0. The lowest BCUT2D eigenvalue weighted by molar-refractivity contribution is -0.152. The van der Waals surface area contributed by atoms with E-state index < -0.39 is 47.7 Å². The van der Waals surface area contributed by atoms with Gasteiger partial charge < -0.3 is 14.9 Å². The Morgan fingerprint density at radius 2 is 1.75 bits per heavy atom. The van der Waals surface area contributed by atoms with E-state index in [0.29, 0.717) is 6.42 Å². The third-order valence-corrected chi connectivity index (χ3v) is 4.19. The summed E-state index contributed by atoms with van der Waals surface area (Å²) in [5, 5.41) is 18.1. The van der Waals surface area contributed by atoms with Crippen LogP contribution in [-0.2, 0) is 19.1 Å². The predicted molar refractivity (Wildman–Crippen MR) is 47.2 cm³/mol. The fraction of sp³-hybridized carbons (Fsp3) is 0.700. The Morgan fingerprint density at radius 1 is 1.12 bits per heavy atom. The van der Waals surface area contributed by atoms with Crippen molar-refractivity contribution in [2.24, 2.45) is 29.6 Å². The van der Waals surface area contributed by atoms with Gasteiger partial charge in [0.05, 0.1) is 17.8 Å². The summed E-state index contributed by atoms with van der Waals surface area (Å²) in [6.07, 6.45) is -0.120. The molecule has 6 atom stereocenters. The number of carboxylic acids is 2. The van der Waals surface area contributed by atoms with Gasteiger partial charge in [-0.25, -0.2) is 0 Å². The molecule has 0 amide bonds. The highest BCUT2D eigenvalue weighted by Crippen LogP contribution is 2.60. The van der Waals surface area contributed by atoms with Crippen molar-refractivity contribution in [3.8, 4) is 0 Å². The quantitative estimate of drug-likeness (QED) is 0.620. The van der Waals surface area contributed by atoms with Crippen molar-refractivity contribution in [3.63, 3.8) is 0 Å². The van der Waals surface area contributed by atoms with Crippen molar-refractivity contribution in [2.75, 3.05) is 0 Å². The van der Waals surface area contributed by atoms with Crippen molar-refractivity contribution < 1.29 is 29.3 Å². The summed E-state index contributed by atoms with van der Waals surface area (Å²) >= 11 is 0. The van der Waals surface area contributed by atoms with Crippen molar-refractivity contribution in [3.05, 3.63) is 0 Å². The van der Waals surface area contributed by atoms with E-state index in [1.807, 2.05) is 0 Å². The predicted octanol–water partition coefficient (Wildman–Crippen LogP) is -0.421.